The molecule has 0 aliphatic carbocycles. The monoisotopic (exact) mass is 382 g/mol. The number of rotatable bonds is 3. The van der Waals surface area contributed by atoms with Gasteiger partial charge in [-0.15, -0.1) is 0 Å². The molecule has 2 N–H and O–H groups in total. The molecular weight excluding hydrogens is 371 g/mol. The number of benzene rings is 2. The molecular formula is C19H12Cl2N4O. The molecule has 5 nitrogen and oxygen atoms in total. The van der Waals surface area contributed by atoms with Gasteiger partial charge in [0.1, 0.15) is 5.69 Å². The van der Waals surface area contributed by atoms with Gasteiger partial charge in [-0.2, -0.15) is 10.2 Å². The van der Waals surface area contributed by atoms with Gasteiger partial charge >= 0.3 is 0 Å². The van der Waals surface area contributed by atoms with Crippen LogP contribution in [0.3, 0.4) is 0 Å². The van der Waals surface area contributed by atoms with E-state index in [2.05, 4.69) is 20.4 Å². The fourth-order valence-electron chi connectivity index (χ4n) is 2.77. The summed E-state index contributed by atoms with van der Waals surface area (Å²) in [7, 11) is 0. The second-order valence-corrected chi connectivity index (χ2v) is 6.52. The number of hydrogen-bond donors (Lipinski definition) is 2. The summed E-state index contributed by atoms with van der Waals surface area (Å²) in [6, 6.07) is 17.9. The second-order valence-electron chi connectivity index (χ2n) is 5.65. The van der Waals surface area contributed by atoms with Gasteiger partial charge in [0.05, 0.1) is 17.0 Å². The van der Waals surface area contributed by atoms with Gasteiger partial charge < -0.3 is 0 Å². The number of nitrogens with one attached hydrogen (secondary N) is 2. The topological polar surface area (TPSA) is 74.4 Å². The van der Waals surface area contributed by atoms with Crippen LogP contribution < -0.4 is 5.56 Å². The van der Waals surface area contributed by atoms with Gasteiger partial charge in [0.25, 0.3) is 5.56 Å². The molecule has 0 saturated carbocycles. The van der Waals surface area contributed by atoms with Crippen molar-refractivity contribution < 1.29 is 0 Å². The normalized spacial score (nSPS) is 10.8. The Morgan fingerprint density at radius 2 is 1.46 bits per heavy atom. The lowest BCUT2D eigenvalue weighted by molar-refractivity contribution is 0.996. The summed E-state index contributed by atoms with van der Waals surface area (Å²) in [6.07, 6.45) is 0. The van der Waals surface area contributed by atoms with Gasteiger partial charge in [0.2, 0.25) is 0 Å². The van der Waals surface area contributed by atoms with Crippen molar-refractivity contribution in [3.63, 3.8) is 0 Å². The SMILES string of the molecule is O=c1ccc(-c2c(-c3cccc(Cl)c3)n[nH]c2-c2cccc(Cl)c2)n[nH]1. The van der Waals surface area contributed by atoms with Crippen molar-refractivity contribution in [2.75, 3.05) is 0 Å². The Kier molecular flexibility index (Phi) is 4.32. The minimum absolute atomic E-state index is 0.272. The zero-order valence-corrected chi connectivity index (χ0v) is 14.8. The zero-order valence-electron chi connectivity index (χ0n) is 13.3. The van der Waals surface area contributed by atoms with Gasteiger partial charge in [0.15, 0.2) is 0 Å². The predicted molar refractivity (Wildman–Crippen MR) is 103 cm³/mol. The summed E-state index contributed by atoms with van der Waals surface area (Å²) in [6.45, 7) is 0. The maximum atomic E-state index is 11.4. The van der Waals surface area contributed by atoms with Crippen LogP contribution in [0.15, 0.2) is 65.5 Å². The molecule has 2 heterocycles. The molecule has 2 aromatic heterocycles. The van der Waals surface area contributed by atoms with Gasteiger partial charge in [-0.25, -0.2) is 5.10 Å². The highest BCUT2D eigenvalue weighted by atomic mass is 35.5. The van der Waals surface area contributed by atoms with E-state index in [1.54, 1.807) is 18.2 Å². The van der Waals surface area contributed by atoms with Crippen LogP contribution in [0.2, 0.25) is 10.0 Å². The third kappa shape index (κ3) is 3.14. The fourth-order valence-corrected chi connectivity index (χ4v) is 3.15. The van der Waals surface area contributed by atoms with Crippen molar-refractivity contribution in [2.45, 2.75) is 0 Å². The highest BCUT2D eigenvalue weighted by molar-refractivity contribution is 6.31. The summed E-state index contributed by atoms with van der Waals surface area (Å²) in [5.41, 5.74) is 4.20. The van der Waals surface area contributed by atoms with E-state index in [4.69, 9.17) is 23.2 Å². The number of nitrogens with zero attached hydrogens (tertiary/aromatic N) is 2. The Balaban J connectivity index is 1.98. The van der Waals surface area contributed by atoms with Gasteiger partial charge in [-0.3, -0.25) is 9.89 Å². The Bertz CT molecular complexity index is 1070. The van der Waals surface area contributed by atoms with Crippen LogP contribution in [-0.4, -0.2) is 20.4 Å². The molecule has 4 rings (SSSR count). The minimum atomic E-state index is -0.272. The predicted octanol–water partition coefficient (Wildman–Crippen LogP) is 4.80. The van der Waals surface area contributed by atoms with Gasteiger partial charge in [0, 0.05) is 27.2 Å². The standard InChI is InChI=1S/C19H12Cl2N4O/c20-13-5-1-3-11(9-13)18-17(15-7-8-16(26)23-22-15)19(25-24-18)12-4-2-6-14(21)10-12/h1-10H,(H,23,26)(H,24,25). The molecule has 0 fully saturated rings. The number of H-pyrrole nitrogens is 2. The Morgan fingerprint density at radius 3 is 2.12 bits per heavy atom. The van der Waals surface area contributed by atoms with Crippen LogP contribution >= 0.6 is 23.2 Å². The van der Waals surface area contributed by atoms with Crippen molar-refractivity contribution >= 4 is 23.2 Å². The lowest BCUT2D eigenvalue weighted by Gasteiger charge is -2.06. The second kappa shape index (κ2) is 6.78. The number of hydrogen-bond acceptors (Lipinski definition) is 3. The Hall–Kier alpha value is -2.89. The molecule has 0 aliphatic rings. The first-order chi connectivity index (χ1) is 12.6. The maximum absolute atomic E-state index is 11.4. The number of aromatic nitrogens is 4. The minimum Gasteiger partial charge on any atom is -0.277 e. The molecule has 0 saturated heterocycles. The first kappa shape index (κ1) is 16.6. The lowest BCUT2D eigenvalue weighted by Crippen LogP contribution is -2.06. The van der Waals surface area contributed by atoms with E-state index in [0.29, 0.717) is 21.4 Å². The summed E-state index contributed by atoms with van der Waals surface area (Å²) in [5.74, 6) is 0. The van der Waals surface area contributed by atoms with Crippen molar-refractivity contribution in [1.82, 2.24) is 20.4 Å². The molecule has 0 atom stereocenters. The van der Waals surface area contributed by atoms with E-state index in [0.717, 1.165) is 22.4 Å². The van der Waals surface area contributed by atoms with Crippen LogP contribution in [0.25, 0.3) is 33.8 Å². The molecule has 0 unspecified atom stereocenters. The molecule has 0 spiro atoms. The summed E-state index contributed by atoms with van der Waals surface area (Å²) in [5, 5.41) is 15.4. The van der Waals surface area contributed by atoms with Crippen molar-refractivity contribution in [3.8, 4) is 33.8 Å². The fraction of sp³-hybridized carbons (Fsp3) is 0. The number of halogens is 2. The molecule has 128 valence electrons. The maximum Gasteiger partial charge on any atom is 0.264 e. The van der Waals surface area contributed by atoms with Crippen LogP contribution in [0, 0.1) is 0 Å². The molecule has 0 amide bonds. The van der Waals surface area contributed by atoms with Crippen molar-refractivity contribution in [3.05, 3.63) is 81.1 Å². The van der Waals surface area contributed by atoms with Crippen LogP contribution in [0.5, 0.6) is 0 Å². The van der Waals surface area contributed by atoms with E-state index < -0.39 is 0 Å². The zero-order chi connectivity index (χ0) is 18.1. The lowest BCUT2D eigenvalue weighted by atomic mass is 9.99. The van der Waals surface area contributed by atoms with Gasteiger partial charge in [-0.05, 0) is 30.3 Å². The molecule has 7 heteroatoms. The van der Waals surface area contributed by atoms with Crippen molar-refractivity contribution in [1.29, 1.82) is 0 Å². The molecule has 0 radical (unpaired) electrons. The first-order valence-electron chi connectivity index (χ1n) is 7.78. The van der Waals surface area contributed by atoms with Crippen LogP contribution in [0.1, 0.15) is 0 Å². The highest BCUT2D eigenvalue weighted by Crippen LogP contribution is 2.38. The van der Waals surface area contributed by atoms with E-state index >= 15 is 0 Å². The van der Waals surface area contributed by atoms with E-state index in [-0.39, 0.29) is 5.56 Å². The third-order valence-electron chi connectivity index (χ3n) is 3.91. The first-order valence-corrected chi connectivity index (χ1v) is 8.54. The van der Waals surface area contributed by atoms with E-state index in [9.17, 15) is 4.79 Å². The van der Waals surface area contributed by atoms with Crippen LogP contribution in [-0.2, 0) is 0 Å². The summed E-state index contributed by atoms with van der Waals surface area (Å²) in [4.78, 5) is 11.4. The summed E-state index contributed by atoms with van der Waals surface area (Å²) < 4.78 is 0. The smallest absolute Gasteiger partial charge is 0.264 e. The van der Waals surface area contributed by atoms with Crippen LogP contribution in [0.4, 0.5) is 0 Å². The molecule has 4 aromatic rings. The quantitative estimate of drug-likeness (QED) is 0.534. The molecule has 0 bridgehead atoms. The highest BCUT2D eigenvalue weighted by Gasteiger charge is 2.19. The molecule has 0 aliphatic heterocycles. The largest absolute Gasteiger partial charge is 0.277 e. The van der Waals surface area contributed by atoms with E-state index in [1.165, 1.54) is 6.07 Å². The average Bonchev–Trinajstić information content (AvgIpc) is 3.07. The van der Waals surface area contributed by atoms with E-state index in [1.807, 2.05) is 36.4 Å². The Labute approximate surface area is 158 Å². The number of aromatic amines is 2. The summed E-state index contributed by atoms with van der Waals surface area (Å²) >= 11 is 12.3. The molecule has 26 heavy (non-hydrogen) atoms. The van der Waals surface area contributed by atoms with Gasteiger partial charge in [-0.1, -0.05) is 47.5 Å². The molecule has 2 aromatic carbocycles. The average molecular weight is 383 g/mol. The van der Waals surface area contributed by atoms with Crippen molar-refractivity contribution in [2.24, 2.45) is 0 Å². The Morgan fingerprint density at radius 1 is 0.769 bits per heavy atom. The third-order valence-corrected chi connectivity index (χ3v) is 4.38.